The number of carboxylic acid groups (broad SMARTS) is 1. The average Bonchev–Trinajstić information content (AvgIpc) is 2.45. The lowest BCUT2D eigenvalue weighted by atomic mass is 10.0. The molecular formula is C13H8ClF3O6S. The Hall–Kier alpha value is -2.20. The second-order valence-corrected chi connectivity index (χ2v) is 6.41. The Morgan fingerprint density at radius 1 is 1.25 bits per heavy atom. The smallest absolute Gasteiger partial charge is 0.496 e. The Kier molecular flexibility index (Phi) is 4.55. The van der Waals surface area contributed by atoms with Crippen LogP contribution in [0.15, 0.2) is 24.3 Å². The van der Waals surface area contributed by atoms with Crippen molar-refractivity contribution in [1.82, 2.24) is 0 Å². The number of halogens is 4. The first-order valence-electron chi connectivity index (χ1n) is 6.02. The van der Waals surface area contributed by atoms with Crippen LogP contribution in [0.3, 0.4) is 0 Å². The second-order valence-electron chi connectivity index (χ2n) is 4.44. The third-order valence-electron chi connectivity index (χ3n) is 2.93. The van der Waals surface area contributed by atoms with E-state index in [-0.39, 0.29) is 21.5 Å². The van der Waals surface area contributed by atoms with Crippen LogP contribution >= 0.6 is 11.6 Å². The van der Waals surface area contributed by atoms with Crippen molar-refractivity contribution in [2.45, 2.75) is 5.51 Å². The SMILES string of the molecule is COc1cc2ccc(Cl)cc2c(OS(=O)(=O)C(F)(F)F)c1C(=O)O. The van der Waals surface area contributed by atoms with Crippen molar-refractivity contribution in [3.05, 3.63) is 34.9 Å². The molecule has 0 amide bonds. The number of fused-ring (bicyclic) bond motifs is 1. The molecule has 2 rings (SSSR count). The van der Waals surface area contributed by atoms with Crippen LogP contribution in [-0.2, 0) is 10.1 Å². The summed E-state index contributed by atoms with van der Waals surface area (Å²) >= 11 is 5.75. The van der Waals surface area contributed by atoms with Gasteiger partial charge < -0.3 is 14.0 Å². The summed E-state index contributed by atoms with van der Waals surface area (Å²) < 4.78 is 69.3. The Morgan fingerprint density at radius 2 is 1.88 bits per heavy atom. The van der Waals surface area contributed by atoms with E-state index < -0.39 is 32.9 Å². The van der Waals surface area contributed by atoms with Crippen molar-refractivity contribution in [3.8, 4) is 11.5 Å². The van der Waals surface area contributed by atoms with Gasteiger partial charge in [-0.2, -0.15) is 21.6 Å². The summed E-state index contributed by atoms with van der Waals surface area (Å²) in [6, 6.07) is 5.02. The number of ether oxygens (including phenoxy) is 1. The van der Waals surface area contributed by atoms with Crippen LogP contribution in [0.1, 0.15) is 10.4 Å². The molecule has 11 heteroatoms. The Labute approximate surface area is 138 Å². The molecular weight excluding hydrogens is 377 g/mol. The largest absolute Gasteiger partial charge is 0.534 e. The molecule has 0 aliphatic rings. The molecule has 0 bridgehead atoms. The van der Waals surface area contributed by atoms with Gasteiger partial charge in [0, 0.05) is 10.4 Å². The summed E-state index contributed by atoms with van der Waals surface area (Å²) in [6.07, 6.45) is 0. The highest BCUT2D eigenvalue weighted by Gasteiger charge is 2.49. The van der Waals surface area contributed by atoms with Crippen LogP contribution in [0.25, 0.3) is 10.8 Å². The van der Waals surface area contributed by atoms with E-state index in [0.717, 1.165) is 13.2 Å². The molecule has 0 heterocycles. The predicted octanol–water partition coefficient (Wildman–Crippen LogP) is 3.43. The van der Waals surface area contributed by atoms with Crippen LogP contribution in [0.2, 0.25) is 5.02 Å². The van der Waals surface area contributed by atoms with Crippen molar-refractivity contribution < 1.29 is 40.4 Å². The number of aromatic carboxylic acids is 1. The minimum Gasteiger partial charge on any atom is -0.496 e. The lowest BCUT2D eigenvalue weighted by molar-refractivity contribution is -0.0500. The Morgan fingerprint density at radius 3 is 2.38 bits per heavy atom. The summed E-state index contributed by atoms with van der Waals surface area (Å²) in [5.41, 5.74) is -6.61. The van der Waals surface area contributed by atoms with Gasteiger partial charge in [-0.05, 0) is 23.6 Å². The molecule has 0 saturated carbocycles. The van der Waals surface area contributed by atoms with E-state index >= 15 is 0 Å². The van der Waals surface area contributed by atoms with Crippen LogP contribution in [0, 0.1) is 0 Å². The average molecular weight is 385 g/mol. The number of benzene rings is 2. The Bertz CT molecular complexity index is 923. The van der Waals surface area contributed by atoms with Crippen LogP contribution in [0.4, 0.5) is 13.2 Å². The minimum absolute atomic E-state index is 0.0401. The highest BCUT2D eigenvalue weighted by molar-refractivity contribution is 7.88. The lowest BCUT2D eigenvalue weighted by Gasteiger charge is -2.16. The third-order valence-corrected chi connectivity index (χ3v) is 4.12. The van der Waals surface area contributed by atoms with E-state index in [9.17, 15) is 31.5 Å². The summed E-state index contributed by atoms with van der Waals surface area (Å²) in [4.78, 5) is 11.4. The summed E-state index contributed by atoms with van der Waals surface area (Å²) in [5, 5.41) is 9.22. The van der Waals surface area contributed by atoms with Gasteiger partial charge in [0.15, 0.2) is 5.75 Å². The van der Waals surface area contributed by atoms with Gasteiger partial charge in [-0.1, -0.05) is 17.7 Å². The van der Waals surface area contributed by atoms with Crippen molar-refractivity contribution >= 4 is 38.5 Å². The number of carbonyl (C=O) groups is 1. The van der Waals surface area contributed by atoms with Crippen molar-refractivity contribution in [2.24, 2.45) is 0 Å². The molecule has 2 aromatic carbocycles. The normalized spacial score (nSPS) is 12.2. The maximum atomic E-state index is 12.6. The molecule has 0 aliphatic heterocycles. The lowest BCUT2D eigenvalue weighted by Crippen LogP contribution is -2.28. The molecule has 6 nitrogen and oxygen atoms in total. The zero-order valence-electron chi connectivity index (χ0n) is 11.7. The molecule has 0 aromatic heterocycles. The standard InChI is InChI=1S/C13H8ClF3O6S/c1-22-9-4-6-2-3-7(14)5-8(6)11(10(9)12(18)19)23-24(20,21)13(15,16)17/h2-5H,1H3,(H,18,19). The van der Waals surface area contributed by atoms with E-state index in [1.807, 2.05) is 0 Å². The van der Waals surface area contributed by atoms with Gasteiger partial charge in [-0.15, -0.1) is 0 Å². The van der Waals surface area contributed by atoms with E-state index in [1.54, 1.807) is 0 Å². The molecule has 130 valence electrons. The van der Waals surface area contributed by atoms with E-state index in [4.69, 9.17) is 16.3 Å². The zero-order chi connectivity index (χ0) is 18.3. The molecule has 0 aliphatic carbocycles. The Balaban J connectivity index is 2.89. The van der Waals surface area contributed by atoms with E-state index in [0.29, 0.717) is 0 Å². The van der Waals surface area contributed by atoms with Crippen molar-refractivity contribution in [3.63, 3.8) is 0 Å². The van der Waals surface area contributed by atoms with Crippen molar-refractivity contribution in [1.29, 1.82) is 0 Å². The number of carboxylic acids is 1. The molecule has 0 atom stereocenters. The summed E-state index contributed by atoms with van der Waals surface area (Å²) in [6.45, 7) is 0. The number of methoxy groups -OCH3 is 1. The van der Waals surface area contributed by atoms with Gasteiger partial charge in [0.2, 0.25) is 0 Å². The number of alkyl halides is 3. The van der Waals surface area contributed by atoms with Gasteiger partial charge in [0.05, 0.1) is 7.11 Å². The molecule has 1 N–H and O–H groups in total. The third kappa shape index (κ3) is 3.20. The van der Waals surface area contributed by atoms with E-state index in [1.165, 1.54) is 18.2 Å². The second kappa shape index (κ2) is 6.02. The summed E-state index contributed by atoms with van der Waals surface area (Å²) in [7, 11) is -5.02. The minimum atomic E-state index is -6.10. The maximum absolute atomic E-state index is 12.6. The quantitative estimate of drug-likeness (QED) is 0.641. The van der Waals surface area contributed by atoms with Gasteiger partial charge in [0.1, 0.15) is 11.3 Å². The zero-order valence-corrected chi connectivity index (χ0v) is 13.3. The topological polar surface area (TPSA) is 89.9 Å². The fraction of sp³-hybridized carbons (Fsp3) is 0.154. The fourth-order valence-electron chi connectivity index (χ4n) is 1.92. The highest BCUT2D eigenvalue weighted by atomic mass is 35.5. The summed E-state index contributed by atoms with van der Waals surface area (Å²) in [5.74, 6) is -3.14. The van der Waals surface area contributed by atoms with Crippen LogP contribution in [-0.4, -0.2) is 32.1 Å². The van der Waals surface area contributed by atoms with Gasteiger partial charge in [-0.25, -0.2) is 4.79 Å². The van der Waals surface area contributed by atoms with Gasteiger partial charge in [0.25, 0.3) is 0 Å². The monoisotopic (exact) mass is 384 g/mol. The predicted molar refractivity (Wildman–Crippen MR) is 78.1 cm³/mol. The van der Waals surface area contributed by atoms with Crippen molar-refractivity contribution in [2.75, 3.05) is 7.11 Å². The number of hydrogen-bond donors (Lipinski definition) is 1. The first-order chi connectivity index (χ1) is 11.0. The molecule has 0 saturated heterocycles. The number of rotatable bonds is 4. The highest BCUT2D eigenvalue weighted by Crippen LogP contribution is 2.40. The van der Waals surface area contributed by atoms with Gasteiger partial charge in [-0.3, -0.25) is 0 Å². The molecule has 0 radical (unpaired) electrons. The van der Waals surface area contributed by atoms with Crippen LogP contribution in [0.5, 0.6) is 11.5 Å². The molecule has 0 spiro atoms. The van der Waals surface area contributed by atoms with Gasteiger partial charge >= 0.3 is 21.6 Å². The maximum Gasteiger partial charge on any atom is 0.534 e. The fourth-order valence-corrected chi connectivity index (χ4v) is 2.58. The number of hydrogen-bond acceptors (Lipinski definition) is 5. The first kappa shape index (κ1) is 18.1. The molecule has 24 heavy (non-hydrogen) atoms. The van der Waals surface area contributed by atoms with Crippen LogP contribution < -0.4 is 8.92 Å². The van der Waals surface area contributed by atoms with E-state index in [2.05, 4.69) is 4.18 Å². The molecule has 2 aromatic rings. The molecule has 0 fully saturated rings. The first-order valence-corrected chi connectivity index (χ1v) is 7.81. The molecule has 0 unspecified atom stereocenters.